The second-order valence-electron chi connectivity index (χ2n) is 3.88. The SMILES string of the molecule is CCOC(=O)[C@@H](CC)/C(C)=N\NC(=O)c1cccs1. The topological polar surface area (TPSA) is 67.8 Å². The Morgan fingerprint density at radius 2 is 2.21 bits per heavy atom. The summed E-state index contributed by atoms with van der Waals surface area (Å²) in [6, 6.07) is 3.51. The van der Waals surface area contributed by atoms with Crippen molar-refractivity contribution in [1.29, 1.82) is 0 Å². The van der Waals surface area contributed by atoms with Crippen molar-refractivity contribution in [3.8, 4) is 0 Å². The number of hydrazone groups is 1. The van der Waals surface area contributed by atoms with Crippen molar-refractivity contribution in [2.45, 2.75) is 27.2 Å². The Bertz CT molecular complexity index is 454. The molecule has 104 valence electrons. The fourth-order valence-corrected chi connectivity index (χ4v) is 2.17. The molecule has 1 aromatic rings. The molecule has 1 amide bonds. The van der Waals surface area contributed by atoms with Crippen LogP contribution < -0.4 is 5.43 Å². The summed E-state index contributed by atoms with van der Waals surface area (Å²) >= 11 is 1.34. The molecular formula is C13H18N2O3S. The molecule has 19 heavy (non-hydrogen) atoms. The smallest absolute Gasteiger partial charge is 0.314 e. The summed E-state index contributed by atoms with van der Waals surface area (Å²) in [5.41, 5.74) is 3.00. The lowest BCUT2D eigenvalue weighted by molar-refractivity contribution is -0.145. The molecule has 1 N–H and O–H groups in total. The van der Waals surface area contributed by atoms with Gasteiger partial charge in [-0.1, -0.05) is 13.0 Å². The Labute approximate surface area is 116 Å². The summed E-state index contributed by atoms with van der Waals surface area (Å²) in [5.74, 6) is -0.992. The number of ether oxygens (including phenoxy) is 1. The number of esters is 1. The van der Waals surface area contributed by atoms with Crippen molar-refractivity contribution in [2.24, 2.45) is 11.0 Å². The van der Waals surface area contributed by atoms with Crippen LogP contribution in [0.1, 0.15) is 36.9 Å². The van der Waals surface area contributed by atoms with Gasteiger partial charge in [0.1, 0.15) is 0 Å². The lowest BCUT2D eigenvalue weighted by atomic mass is 10.0. The molecule has 0 aromatic carbocycles. The van der Waals surface area contributed by atoms with Crippen molar-refractivity contribution >= 4 is 28.9 Å². The Hall–Kier alpha value is -1.69. The molecule has 1 rings (SSSR count). The van der Waals surface area contributed by atoms with E-state index >= 15 is 0 Å². The first kappa shape index (κ1) is 15.4. The number of thiophene rings is 1. The van der Waals surface area contributed by atoms with Gasteiger partial charge in [-0.2, -0.15) is 5.10 Å². The van der Waals surface area contributed by atoms with Crippen molar-refractivity contribution in [2.75, 3.05) is 6.61 Å². The minimum absolute atomic E-state index is 0.270. The van der Waals surface area contributed by atoms with Gasteiger partial charge in [0.2, 0.25) is 0 Å². The Morgan fingerprint density at radius 3 is 2.74 bits per heavy atom. The summed E-state index contributed by atoms with van der Waals surface area (Å²) in [4.78, 5) is 24.0. The molecule has 0 aliphatic heterocycles. The van der Waals surface area contributed by atoms with Gasteiger partial charge < -0.3 is 4.74 Å². The predicted molar refractivity (Wildman–Crippen MR) is 75.3 cm³/mol. The largest absolute Gasteiger partial charge is 0.465 e. The number of rotatable bonds is 6. The first-order chi connectivity index (χ1) is 9.10. The van der Waals surface area contributed by atoms with E-state index in [9.17, 15) is 9.59 Å². The van der Waals surface area contributed by atoms with Crippen molar-refractivity contribution in [3.05, 3.63) is 22.4 Å². The molecule has 0 fully saturated rings. The van der Waals surface area contributed by atoms with Crippen LogP contribution in [0.2, 0.25) is 0 Å². The number of amides is 1. The summed E-state index contributed by atoms with van der Waals surface area (Å²) in [7, 11) is 0. The zero-order valence-corrected chi connectivity index (χ0v) is 12.1. The molecule has 6 heteroatoms. The number of nitrogens with zero attached hydrogens (tertiary/aromatic N) is 1. The molecular weight excluding hydrogens is 264 g/mol. The molecule has 0 aliphatic rings. The van der Waals surface area contributed by atoms with Gasteiger partial charge in [0.05, 0.1) is 17.4 Å². The van der Waals surface area contributed by atoms with Crippen molar-refractivity contribution in [3.63, 3.8) is 0 Å². The molecule has 0 saturated carbocycles. The molecule has 0 bridgehead atoms. The van der Waals surface area contributed by atoms with E-state index in [0.717, 1.165) is 0 Å². The van der Waals surface area contributed by atoms with Gasteiger partial charge in [-0.25, -0.2) is 5.43 Å². The fourth-order valence-electron chi connectivity index (χ4n) is 1.56. The van der Waals surface area contributed by atoms with Crippen LogP contribution in [0.4, 0.5) is 0 Å². The third-order valence-corrected chi connectivity index (χ3v) is 3.43. The second kappa shape index (κ2) is 7.68. The first-order valence-electron chi connectivity index (χ1n) is 6.14. The van der Waals surface area contributed by atoms with Crippen LogP contribution in [0, 0.1) is 5.92 Å². The first-order valence-corrected chi connectivity index (χ1v) is 7.02. The minimum Gasteiger partial charge on any atom is -0.465 e. The average Bonchev–Trinajstić information content (AvgIpc) is 2.91. The van der Waals surface area contributed by atoms with Crippen LogP contribution >= 0.6 is 11.3 Å². The van der Waals surface area contributed by atoms with Gasteiger partial charge in [0, 0.05) is 5.71 Å². The number of carbonyl (C=O) groups is 2. The predicted octanol–water partition coefficient (Wildman–Crippen LogP) is 2.44. The lowest BCUT2D eigenvalue weighted by Gasteiger charge is -2.12. The maximum absolute atomic E-state index is 11.7. The molecule has 1 aromatic heterocycles. The summed E-state index contributed by atoms with van der Waals surface area (Å²) in [6.07, 6.45) is 0.586. The van der Waals surface area contributed by atoms with Gasteiger partial charge in [0.15, 0.2) is 0 Å². The van der Waals surface area contributed by atoms with Crippen LogP contribution in [0.15, 0.2) is 22.6 Å². The van der Waals surface area contributed by atoms with E-state index in [1.54, 1.807) is 26.0 Å². The Balaban J connectivity index is 2.64. The minimum atomic E-state index is -0.413. The molecule has 0 saturated heterocycles. The maximum atomic E-state index is 11.7. The fraction of sp³-hybridized carbons (Fsp3) is 0.462. The standard InChI is InChI=1S/C13H18N2O3S/c1-4-10(13(17)18-5-2)9(3)14-15-12(16)11-7-6-8-19-11/h6-8,10H,4-5H2,1-3H3,(H,15,16)/b14-9-/t10-/m0/s1. The monoisotopic (exact) mass is 282 g/mol. The van der Waals surface area contributed by atoms with Crippen LogP contribution in [0.25, 0.3) is 0 Å². The zero-order chi connectivity index (χ0) is 14.3. The summed E-state index contributed by atoms with van der Waals surface area (Å²) in [6.45, 7) is 5.68. The zero-order valence-electron chi connectivity index (χ0n) is 11.3. The van der Waals surface area contributed by atoms with Crippen molar-refractivity contribution < 1.29 is 14.3 Å². The summed E-state index contributed by atoms with van der Waals surface area (Å²) in [5, 5.41) is 5.80. The van der Waals surface area contributed by atoms with E-state index in [-0.39, 0.29) is 11.9 Å². The van der Waals surface area contributed by atoms with Crippen LogP contribution in [-0.2, 0) is 9.53 Å². The van der Waals surface area contributed by atoms with E-state index in [4.69, 9.17) is 4.74 Å². The second-order valence-corrected chi connectivity index (χ2v) is 4.83. The van der Waals surface area contributed by atoms with Crippen LogP contribution in [-0.4, -0.2) is 24.2 Å². The van der Waals surface area contributed by atoms with Gasteiger partial charge >= 0.3 is 5.97 Å². The van der Waals surface area contributed by atoms with Crippen LogP contribution in [0.5, 0.6) is 0 Å². The van der Waals surface area contributed by atoms with E-state index in [2.05, 4.69) is 10.5 Å². The van der Waals surface area contributed by atoms with Gasteiger partial charge in [-0.3, -0.25) is 9.59 Å². The molecule has 1 atom stereocenters. The van der Waals surface area contributed by atoms with Crippen molar-refractivity contribution in [1.82, 2.24) is 5.43 Å². The average molecular weight is 282 g/mol. The molecule has 0 spiro atoms. The third-order valence-electron chi connectivity index (χ3n) is 2.56. The normalized spacial score (nSPS) is 12.9. The number of hydrogen-bond acceptors (Lipinski definition) is 5. The van der Waals surface area contributed by atoms with Gasteiger partial charge in [-0.05, 0) is 31.7 Å². The van der Waals surface area contributed by atoms with Gasteiger partial charge in [0.25, 0.3) is 5.91 Å². The highest BCUT2D eigenvalue weighted by Crippen LogP contribution is 2.10. The molecule has 1 heterocycles. The number of hydrogen-bond donors (Lipinski definition) is 1. The maximum Gasteiger partial charge on any atom is 0.314 e. The van der Waals surface area contributed by atoms with Gasteiger partial charge in [-0.15, -0.1) is 11.3 Å². The van der Waals surface area contributed by atoms with E-state index in [1.807, 2.05) is 12.3 Å². The van der Waals surface area contributed by atoms with E-state index in [0.29, 0.717) is 23.6 Å². The third kappa shape index (κ3) is 4.48. The highest BCUT2D eigenvalue weighted by molar-refractivity contribution is 7.12. The quantitative estimate of drug-likeness (QED) is 0.495. The number of carbonyl (C=O) groups excluding carboxylic acids is 2. The number of nitrogens with one attached hydrogen (secondary N) is 1. The molecule has 0 aliphatic carbocycles. The highest BCUT2D eigenvalue weighted by Gasteiger charge is 2.21. The van der Waals surface area contributed by atoms with E-state index < -0.39 is 5.92 Å². The molecule has 0 unspecified atom stereocenters. The lowest BCUT2D eigenvalue weighted by Crippen LogP contribution is -2.27. The Kier molecular flexibility index (Phi) is 6.21. The Morgan fingerprint density at radius 1 is 1.47 bits per heavy atom. The van der Waals surface area contributed by atoms with E-state index in [1.165, 1.54) is 11.3 Å². The van der Waals surface area contributed by atoms with Crippen LogP contribution in [0.3, 0.4) is 0 Å². The highest BCUT2D eigenvalue weighted by atomic mass is 32.1. The molecule has 5 nitrogen and oxygen atoms in total. The molecule has 0 radical (unpaired) electrons. The summed E-state index contributed by atoms with van der Waals surface area (Å²) < 4.78 is 4.96.